The van der Waals surface area contributed by atoms with Crippen molar-refractivity contribution in [3.8, 4) is 11.6 Å². The third-order valence-corrected chi connectivity index (χ3v) is 4.83. The number of nitrogens with one attached hydrogen (secondary N) is 1. The van der Waals surface area contributed by atoms with Crippen molar-refractivity contribution in [2.75, 3.05) is 5.75 Å². The fraction of sp³-hybridized carbons (Fsp3) is 0.211. The molecule has 0 fully saturated rings. The number of rotatable bonds is 8. The van der Waals surface area contributed by atoms with Crippen LogP contribution >= 0.6 is 11.8 Å². The van der Waals surface area contributed by atoms with E-state index >= 15 is 0 Å². The molecule has 2 aromatic heterocycles. The van der Waals surface area contributed by atoms with Crippen LogP contribution < -0.4 is 11.1 Å². The van der Waals surface area contributed by atoms with E-state index < -0.39 is 24.0 Å². The van der Waals surface area contributed by atoms with E-state index in [4.69, 9.17) is 14.9 Å². The lowest BCUT2D eigenvalue weighted by atomic mass is 10.2. The highest BCUT2D eigenvalue weighted by molar-refractivity contribution is 7.99. The van der Waals surface area contributed by atoms with Crippen molar-refractivity contribution in [3.63, 3.8) is 0 Å². The minimum atomic E-state index is -1.16. The zero-order valence-electron chi connectivity index (χ0n) is 16.0. The third kappa shape index (κ3) is 5.47. The van der Waals surface area contributed by atoms with Gasteiger partial charge in [-0.15, -0.1) is 10.2 Å². The molecule has 3 N–H and O–H groups in total. The minimum absolute atomic E-state index is 0.112. The van der Waals surface area contributed by atoms with Gasteiger partial charge in [0.25, 0.3) is 5.91 Å². The molecular formula is C19H19N5O5S. The average Bonchev–Trinajstić information content (AvgIpc) is 3.36. The Hall–Kier alpha value is -3.60. The largest absolute Gasteiger partial charge is 0.461 e. The van der Waals surface area contributed by atoms with Crippen LogP contribution in [0.25, 0.3) is 11.6 Å². The van der Waals surface area contributed by atoms with Crippen molar-refractivity contribution in [2.24, 2.45) is 5.73 Å². The molecule has 1 aromatic carbocycles. The zero-order chi connectivity index (χ0) is 21.5. The van der Waals surface area contributed by atoms with Gasteiger partial charge in [0.1, 0.15) is 0 Å². The molecule has 2 heterocycles. The van der Waals surface area contributed by atoms with Crippen molar-refractivity contribution >= 4 is 29.7 Å². The van der Waals surface area contributed by atoms with E-state index in [-0.39, 0.29) is 5.75 Å². The van der Waals surface area contributed by atoms with Gasteiger partial charge in [-0.3, -0.25) is 19.5 Å². The standard InChI is InChI=1S/C19H19N5O5S/c1-12(17(26)21-18(20)27)29-15(25)11-30-19-23-22-16(14-8-5-9-28-14)24(19)10-13-6-3-2-4-7-13/h2-9,12H,10-11H2,1H3,(H3,20,21,26,27)/t12-/m1/s1. The third-order valence-electron chi connectivity index (χ3n) is 3.88. The summed E-state index contributed by atoms with van der Waals surface area (Å²) in [6.45, 7) is 1.81. The van der Waals surface area contributed by atoms with E-state index in [0.29, 0.717) is 23.3 Å². The molecule has 0 bridgehead atoms. The Morgan fingerprint density at radius 1 is 1.20 bits per heavy atom. The molecule has 0 saturated carbocycles. The normalized spacial score (nSPS) is 11.6. The van der Waals surface area contributed by atoms with Crippen molar-refractivity contribution < 1.29 is 23.5 Å². The summed E-state index contributed by atoms with van der Waals surface area (Å²) in [5, 5.41) is 10.7. The summed E-state index contributed by atoms with van der Waals surface area (Å²) >= 11 is 1.11. The molecule has 30 heavy (non-hydrogen) atoms. The van der Waals surface area contributed by atoms with Crippen molar-refractivity contribution in [1.82, 2.24) is 20.1 Å². The van der Waals surface area contributed by atoms with E-state index in [9.17, 15) is 14.4 Å². The van der Waals surface area contributed by atoms with Crippen LogP contribution in [0.2, 0.25) is 0 Å². The van der Waals surface area contributed by atoms with Gasteiger partial charge in [0.05, 0.1) is 18.6 Å². The Labute approximate surface area is 175 Å². The Balaban J connectivity index is 1.70. The highest BCUT2D eigenvalue weighted by Gasteiger charge is 2.21. The predicted octanol–water partition coefficient (Wildman–Crippen LogP) is 1.81. The maximum Gasteiger partial charge on any atom is 0.318 e. The number of hydrogen-bond donors (Lipinski definition) is 2. The molecular weight excluding hydrogens is 410 g/mol. The number of hydrogen-bond acceptors (Lipinski definition) is 8. The number of urea groups is 1. The molecule has 0 saturated heterocycles. The van der Waals surface area contributed by atoms with Crippen LogP contribution in [0.1, 0.15) is 12.5 Å². The van der Waals surface area contributed by atoms with Gasteiger partial charge in [0, 0.05) is 0 Å². The smallest absolute Gasteiger partial charge is 0.318 e. The van der Waals surface area contributed by atoms with Crippen molar-refractivity contribution in [2.45, 2.75) is 24.7 Å². The van der Waals surface area contributed by atoms with Crippen LogP contribution in [-0.4, -0.2) is 44.5 Å². The summed E-state index contributed by atoms with van der Waals surface area (Å²) in [6.07, 6.45) is 0.381. The summed E-state index contributed by atoms with van der Waals surface area (Å²) in [4.78, 5) is 34.4. The van der Waals surface area contributed by atoms with E-state index in [1.807, 2.05) is 40.2 Å². The number of nitrogens with two attached hydrogens (primary N) is 1. The molecule has 0 spiro atoms. The fourth-order valence-electron chi connectivity index (χ4n) is 2.52. The summed E-state index contributed by atoms with van der Waals surface area (Å²) in [6, 6.07) is 12.2. The second-order valence-electron chi connectivity index (χ2n) is 6.13. The van der Waals surface area contributed by atoms with Crippen LogP contribution in [0, 0.1) is 0 Å². The number of amides is 3. The van der Waals surface area contributed by atoms with Gasteiger partial charge < -0.3 is 14.9 Å². The maximum absolute atomic E-state index is 12.1. The first kappa shape index (κ1) is 21.1. The number of carbonyl (C=O) groups excluding carboxylic acids is 3. The first-order valence-electron chi connectivity index (χ1n) is 8.87. The molecule has 0 aliphatic carbocycles. The SMILES string of the molecule is C[C@@H](OC(=O)CSc1nnc(-c2ccco2)n1Cc1ccccc1)C(=O)NC(N)=O. The van der Waals surface area contributed by atoms with Crippen LogP contribution in [0.3, 0.4) is 0 Å². The Kier molecular flexibility index (Phi) is 6.86. The maximum atomic E-state index is 12.1. The van der Waals surface area contributed by atoms with Crippen LogP contribution in [-0.2, 0) is 20.9 Å². The summed E-state index contributed by atoms with van der Waals surface area (Å²) in [5.74, 6) is -0.494. The monoisotopic (exact) mass is 429 g/mol. The second-order valence-corrected chi connectivity index (χ2v) is 7.07. The van der Waals surface area contributed by atoms with Gasteiger partial charge in [-0.05, 0) is 24.6 Å². The quantitative estimate of drug-likeness (QED) is 0.408. The molecule has 3 rings (SSSR count). The first-order chi connectivity index (χ1) is 14.4. The highest BCUT2D eigenvalue weighted by atomic mass is 32.2. The Morgan fingerprint density at radius 2 is 1.97 bits per heavy atom. The molecule has 0 aliphatic rings. The number of thioether (sulfide) groups is 1. The lowest BCUT2D eigenvalue weighted by Gasteiger charge is -2.12. The van der Waals surface area contributed by atoms with Crippen LogP contribution in [0.15, 0.2) is 58.3 Å². The number of nitrogens with zero attached hydrogens (tertiary/aromatic N) is 3. The van der Waals surface area contributed by atoms with Gasteiger partial charge >= 0.3 is 12.0 Å². The van der Waals surface area contributed by atoms with Gasteiger partial charge in [-0.25, -0.2) is 4.79 Å². The lowest BCUT2D eigenvalue weighted by molar-refractivity contribution is -0.151. The summed E-state index contributed by atoms with van der Waals surface area (Å²) in [7, 11) is 0. The van der Waals surface area contributed by atoms with Gasteiger partial charge in [0.2, 0.25) is 5.82 Å². The molecule has 3 amide bonds. The van der Waals surface area contributed by atoms with E-state index in [0.717, 1.165) is 17.3 Å². The highest BCUT2D eigenvalue weighted by Crippen LogP contribution is 2.25. The minimum Gasteiger partial charge on any atom is -0.461 e. The molecule has 156 valence electrons. The van der Waals surface area contributed by atoms with E-state index in [1.54, 1.807) is 18.4 Å². The summed E-state index contributed by atoms with van der Waals surface area (Å²) in [5.41, 5.74) is 5.90. The number of imide groups is 1. The lowest BCUT2D eigenvalue weighted by Crippen LogP contribution is -2.42. The number of furan rings is 1. The number of esters is 1. The molecule has 10 nitrogen and oxygen atoms in total. The molecule has 0 unspecified atom stereocenters. The van der Waals surface area contributed by atoms with E-state index in [2.05, 4.69) is 10.2 Å². The van der Waals surface area contributed by atoms with Crippen molar-refractivity contribution in [1.29, 1.82) is 0 Å². The zero-order valence-corrected chi connectivity index (χ0v) is 16.8. The number of primary amides is 1. The van der Waals surface area contributed by atoms with Crippen LogP contribution in [0.4, 0.5) is 4.79 Å². The predicted molar refractivity (Wildman–Crippen MR) is 107 cm³/mol. The Bertz CT molecular complexity index is 1020. The van der Waals surface area contributed by atoms with Crippen molar-refractivity contribution in [3.05, 3.63) is 54.3 Å². The molecule has 3 aromatic rings. The van der Waals surface area contributed by atoms with Crippen LogP contribution in [0.5, 0.6) is 0 Å². The van der Waals surface area contributed by atoms with E-state index in [1.165, 1.54) is 6.92 Å². The van der Waals surface area contributed by atoms with Gasteiger partial charge in [-0.1, -0.05) is 42.1 Å². The fourth-order valence-corrected chi connectivity index (χ4v) is 3.24. The number of ether oxygens (including phenoxy) is 1. The topological polar surface area (TPSA) is 142 Å². The van der Waals surface area contributed by atoms with Gasteiger partial charge in [0.15, 0.2) is 17.0 Å². The molecule has 0 aliphatic heterocycles. The molecule has 11 heteroatoms. The molecule has 1 atom stereocenters. The second kappa shape index (κ2) is 9.74. The average molecular weight is 429 g/mol. The Morgan fingerprint density at radius 3 is 2.63 bits per heavy atom. The summed E-state index contributed by atoms with van der Waals surface area (Å²) < 4.78 is 12.3. The first-order valence-corrected chi connectivity index (χ1v) is 9.86. The number of aromatic nitrogens is 3. The number of carbonyl (C=O) groups is 3. The molecule has 0 radical (unpaired) electrons. The van der Waals surface area contributed by atoms with Gasteiger partial charge in [-0.2, -0.15) is 0 Å². The number of benzene rings is 1.